The van der Waals surface area contributed by atoms with E-state index in [9.17, 15) is 22.4 Å². The first-order valence-electron chi connectivity index (χ1n) is 11.1. The van der Waals surface area contributed by atoms with Crippen LogP contribution >= 0.6 is 22.9 Å². The number of halogens is 2. The van der Waals surface area contributed by atoms with Gasteiger partial charge in [0.2, 0.25) is 5.91 Å². The number of sulfone groups is 1. The zero-order valence-electron chi connectivity index (χ0n) is 19.6. The Morgan fingerprint density at radius 2 is 2.00 bits per heavy atom. The van der Waals surface area contributed by atoms with E-state index in [2.05, 4.69) is 10.3 Å². The Morgan fingerprint density at radius 3 is 2.69 bits per heavy atom. The fourth-order valence-corrected chi connectivity index (χ4v) is 6.32. The van der Waals surface area contributed by atoms with Gasteiger partial charge in [0, 0.05) is 19.5 Å². The zero-order valence-corrected chi connectivity index (χ0v) is 22.0. The maximum atomic E-state index is 14.6. The van der Waals surface area contributed by atoms with E-state index >= 15 is 0 Å². The standard InChI is InChI=1S/C24H24ClFN4O4S2/c1-29(2)11-12-36(33,34)16-8-7-15(18(26)14-16)13-21(31)28-24-27-19-9-10-30(23(32)22(19)35-24)20-6-4-3-5-17(20)25/h3-8,14H,9-13H2,1-2H3,(H,27,28,31). The predicted molar refractivity (Wildman–Crippen MR) is 138 cm³/mol. The van der Waals surface area contributed by atoms with E-state index < -0.39 is 21.6 Å². The first-order valence-corrected chi connectivity index (χ1v) is 13.9. The molecule has 0 saturated heterocycles. The molecule has 0 radical (unpaired) electrons. The van der Waals surface area contributed by atoms with Gasteiger partial charge in [-0.2, -0.15) is 0 Å². The molecule has 0 atom stereocenters. The van der Waals surface area contributed by atoms with Crippen molar-refractivity contribution >= 4 is 55.4 Å². The van der Waals surface area contributed by atoms with E-state index in [1.54, 1.807) is 48.2 Å². The smallest absolute Gasteiger partial charge is 0.270 e. The summed E-state index contributed by atoms with van der Waals surface area (Å²) in [5.41, 5.74) is 1.25. The normalized spacial score (nSPS) is 13.7. The molecule has 0 fully saturated rings. The van der Waals surface area contributed by atoms with Gasteiger partial charge in [0.05, 0.1) is 33.5 Å². The summed E-state index contributed by atoms with van der Waals surface area (Å²) in [6, 6.07) is 10.6. The third-order valence-corrected chi connectivity index (χ3v) is 8.65. The lowest BCUT2D eigenvalue weighted by atomic mass is 10.1. The molecule has 0 bridgehead atoms. The Hall–Kier alpha value is -2.86. The van der Waals surface area contributed by atoms with Gasteiger partial charge in [-0.1, -0.05) is 41.1 Å². The van der Waals surface area contributed by atoms with Crippen molar-refractivity contribution in [3.63, 3.8) is 0 Å². The van der Waals surface area contributed by atoms with E-state index in [0.717, 1.165) is 17.4 Å². The molecule has 0 unspecified atom stereocenters. The number of nitrogens with zero attached hydrogens (tertiary/aromatic N) is 3. The van der Waals surface area contributed by atoms with Crippen molar-refractivity contribution < 1.29 is 22.4 Å². The van der Waals surface area contributed by atoms with Gasteiger partial charge in [0.1, 0.15) is 10.7 Å². The molecule has 2 heterocycles. The number of para-hydroxylation sites is 1. The van der Waals surface area contributed by atoms with E-state index in [1.807, 2.05) is 0 Å². The lowest BCUT2D eigenvalue weighted by Crippen LogP contribution is -2.37. The van der Waals surface area contributed by atoms with E-state index in [-0.39, 0.29) is 33.7 Å². The number of thiazole rings is 1. The molecule has 2 amide bonds. The van der Waals surface area contributed by atoms with Crippen LogP contribution in [0.2, 0.25) is 5.02 Å². The van der Waals surface area contributed by atoms with Gasteiger partial charge in [0.15, 0.2) is 15.0 Å². The summed E-state index contributed by atoms with van der Waals surface area (Å²) < 4.78 is 39.4. The summed E-state index contributed by atoms with van der Waals surface area (Å²) in [4.78, 5) is 33.6. The number of anilines is 2. The SMILES string of the molecule is CN(C)CCS(=O)(=O)c1ccc(CC(=O)Nc2nc3c(s2)C(=O)N(c2ccccc2Cl)CC3)c(F)c1. The molecule has 0 aliphatic carbocycles. The minimum atomic E-state index is -3.64. The number of carbonyl (C=O) groups excluding carboxylic acids is 2. The average molecular weight is 551 g/mol. The van der Waals surface area contributed by atoms with Crippen LogP contribution in [0.4, 0.5) is 15.2 Å². The zero-order chi connectivity index (χ0) is 26.0. The molecule has 36 heavy (non-hydrogen) atoms. The quantitative estimate of drug-likeness (QED) is 0.459. The van der Waals surface area contributed by atoms with E-state index in [1.165, 1.54) is 12.1 Å². The van der Waals surface area contributed by atoms with Crippen molar-refractivity contribution in [2.45, 2.75) is 17.7 Å². The van der Waals surface area contributed by atoms with Gasteiger partial charge >= 0.3 is 0 Å². The summed E-state index contributed by atoms with van der Waals surface area (Å²) in [5, 5.41) is 3.32. The molecule has 1 aliphatic rings. The number of rotatable bonds is 8. The minimum absolute atomic E-state index is 0.0568. The molecule has 0 spiro atoms. The second-order valence-electron chi connectivity index (χ2n) is 8.55. The molecule has 1 aromatic heterocycles. The highest BCUT2D eigenvalue weighted by atomic mass is 35.5. The third kappa shape index (κ3) is 5.75. The molecule has 190 valence electrons. The Balaban J connectivity index is 1.43. The van der Waals surface area contributed by atoms with Crippen molar-refractivity contribution in [3.8, 4) is 0 Å². The van der Waals surface area contributed by atoms with Crippen LogP contribution in [-0.2, 0) is 27.5 Å². The average Bonchev–Trinajstić information content (AvgIpc) is 3.23. The maximum absolute atomic E-state index is 14.6. The number of benzene rings is 2. The van der Waals surface area contributed by atoms with Crippen molar-refractivity contribution in [1.29, 1.82) is 0 Å². The van der Waals surface area contributed by atoms with Crippen LogP contribution in [-0.4, -0.2) is 63.1 Å². The summed E-state index contributed by atoms with van der Waals surface area (Å²) in [7, 11) is -0.138. The van der Waals surface area contributed by atoms with Gasteiger partial charge in [-0.25, -0.2) is 17.8 Å². The lowest BCUT2D eigenvalue weighted by Gasteiger charge is -2.26. The summed E-state index contributed by atoms with van der Waals surface area (Å²) >= 11 is 7.30. The molecular weight excluding hydrogens is 527 g/mol. The van der Waals surface area contributed by atoms with Crippen molar-refractivity contribution in [2.24, 2.45) is 0 Å². The van der Waals surface area contributed by atoms with E-state index in [0.29, 0.717) is 40.8 Å². The molecule has 4 rings (SSSR count). The number of hydrogen-bond acceptors (Lipinski definition) is 7. The number of amides is 2. The second kappa shape index (κ2) is 10.6. The summed E-state index contributed by atoms with van der Waals surface area (Å²) in [6.45, 7) is 0.715. The Labute approximate surface area is 217 Å². The maximum Gasteiger partial charge on any atom is 0.270 e. The van der Waals surface area contributed by atoms with Gasteiger partial charge in [-0.3, -0.25) is 9.59 Å². The highest BCUT2D eigenvalue weighted by molar-refractivity contribution is 7.91. The first-order chi connectivity index (χ1) is 17.0. The van der Waals surface area contributed by atoms with Crippen LogP contribution in [0.5, 0.6) is 0 Å². The molecule has 0 saturated carbocycles. The fraction of sp³-hybridized carbons (Fsp3) is 0.292. The van der Waals surface area contributed by atoms with Crippen molar-refractivity contribution in [2.75, 3.05) is 43.2 Å². The minimum Gasteiger partial charge on any atom is -0.308 e. The second-order valence-corrected chi connectivity index (χ2v) is 12.1. The molecule has 8 nitrogen and oxygen atoms in total. The highest BCUT2D eigenvalue weighted by Crippen LogP contribution is 2.33. The topological polar surface area (TPSA) is 99.7 Å². The van der Waals surface area contributed by atoms with Crippen LogP contribution in [0.25, 0.3) is 0 Å². The highest BCUT2D eigenvalue weighted by Gasteiger charge is 2.30. The Kier molecular flexibility index (Phi) is 7.74. The summed E-state index contributed by atoms with van der Waals surface area (Å²) in [6.07, 6.45) is 0.185. The number of fused-ring (bicyclic) bond motifs is 1. The van der Waals surface area contributed by atoms with Crippen LogP contribution < -0.4 is 10.2 Å². The van der Waals surface area contributed by atoms with Gasteiger partial charge in [-0.05, 0) is 43.9 Å². The number of carbonyl (C=O) groups is 2. The van der Waals surface area contributed by atoms with Gasteiger partial charge in [0.25, 0.3) is 5.91 Å². The molecule has 2 aromatic carbocycles. The Morgan fingerprint density at radius 1 is 1.25 bits per heavy atom. The first kappa shape index (κ1) is 26.2. The molecule has 1 N–H and O–H groups in total. The molecule has 3 aromatic rings. The lowest BCUT2D eigenvalue weighted by molar-refractivity contribution is -0.115. The molecular formula is C24H24ClFN4O4S2. The van der Waals surface area contributed by atoms with E-state index in [4.69, 9.17) is 11.6 Å². The van der Waals surface area contributed by atoms with Crippen LogP contribution in [0.3, 0.4) is 0 Å². The fourth-order valence-electron chi connectivity index (χ4n) is 3.71. The Bertz CT molecular complexity index is 1430. The van der Waals surface area contributed by atoms with Crippen molar-refractivity contribution in [3.05, 3.63) is 69.4 Å². The predicted octanol–water partition coefficient (Wildman–Crippen LogP) is 3.66. The molecule has 1 aliphatic heterocycles. The van der Waals surface area contributed by atoms with Crippen LogP contribution in [0.15, 0.2) is 47.4 Å². The number of hydrogen-bond donors (Lipinski definition) is 1. The van der Waals surface area contributed by atoms with Crippen LogP contribution in [0.1, 0.15) is 20.9 Å². The summed E-state index contributed by atoms with van der Waals surface area (Å²) in [5.74, 6) is -1.70. The monoisotopic (exact) mass is 550 g/mol. The van der Waals surface area contributed by atoms with Gasteiger partial charge in [-0.15, -0.1) is 0 Å². The van der Waals surface area contributed by atoms with Crippen molar-refractivity contribution in [1.82, 2.24) is 9.88 Å². The van der Waals surface area contributed by atoms with Gasteiger partial charge < -0.3 is 15.1 Å². The number of nitrogens with one attached hydrogen (secondary N) is 1. The largest absolute Gasteiger partial charge is 0.308 e. The number of aromatic nitrogens is 1. The molecule has 12 heteroatoms. The third-order valence-electron chi connectivity index (χ3n) is 5.64. The van der Waals surface area contributed by atoms with Crippen LogP contribution in [0, 0.1) is 5.82 Å².